The van der Waals surface area contributed by atoms with Crippen LogP contribution in [-0.2, 0) is 5.41 Å². The smallest absolute Gasteiger partial charge is 0.273 e. The second-order valence-corrected chi connectivity index (χ2v) is 6.26. The quantitative estimate of drug-likeness (QED) is 0.746. The van der Waals surface area contributed by atoms with Crippen molar-refractivity contribution in [3.63, 3.8) is 0 Å². The van der Waals surface area contributed by atoms with Gasteiger partial charge >= 0.3 is 0 Å². The fraction of sp³-hybridized carbons (Fsp3) is 0.312. The van der Waals surface area contributed by atoms with Crippen LogP contribution in [0.1, 0.15) is 32.0 Å². The number of aromatic nitrogens is 4. The van der Waals surface area contributed by atoms with Crippen LogP contribution >= 0.6 is 0 Å². The van der Waals surface area contributed by atoms with Crippen LogP contribution in [0.3, 0.4) is 0 Å². The third-order valence-electron chi connectivity index (χ3n) is 3.51. The first-order valence-electron chi connectivity index (χ1n) is 6.91. The molecule has 0 aromatic carbocycles. The molecular formula is C16H18N4O. The average molecular weight is 282 g/mol. The Morgan fingerprint density at radius 2 is 2.00 bits per heavy atom. The highest BCUT2D eigenvalue weighted by Gasteiger charge is 2.18. The standard InChI is InChI=1S/C16H18N4O/c1-10-6-5-7-17-15(10)11-8-14(21)20-13(18-11)9-12(19-20)16(2,3)4/h5-9,19H,1-4H3. The van der Waals surface area contributed by atoms with E-state index in [0.717, 1.165) is 17.0 Å². The number of nitrogens with one attached hydrogen (secondary N) is 1. The number of nitrogens with zero attached hydrogens (tertiary/aromatic N) is 3. The molecule has 21 heavy (non-hydrogen) atoms. The minimum atomic E-state index is -0.129. The molecule has 0 bridgehead atoms. The highest BCUT2D eigenvalue weighted by atomic mass is 16.1. The SMILES string of the molecule is Cc1cccnc1-c1cc(=O)n2[nH]c(C(C)(C)C)cc2n1. The van der Waals surface area contributed by atoms with Gasteiger partial charge in [-0.15, -0.1) is 0 Å². The number of hydrogen-bond donors (Lipinski definition) is 1. The highest BCUT2D eigenvalue weighted by Crippen LogP contribution is 2.22. The Labute approximate surface area is 122 Å². The highest BCUT2D eigenvalue weighted by molar-refractivity contribution is 5.60. The van der Waals surface area contributed by atoms with Gasteiger partial charge in [-0.2, -0.15) is 0 Å². The summed E-state index contributed by atoms with van der Waals surface area (Å²) in [6.45, 7) is 8.23. The molecule has 1 N–H and O–H groups in total. The van der Waals surface area contributed by atoms with E-state index in [1.807, 2.05) is 25.1 Å². The Morgan fingerprint density at radius 3 is 2.67 bits per heavy atom. The second-order valence-electron chi connectivity index (χ2n) is 6.26. The lowest BCUT2D eigenvalue weighted by Gasteiger charge is -2.14. The van der Waals surface area contributed by atoms with Gasteiger partial charge in [0.1, 0.15) is 0 Å². The summed E-state index contributed by atoms with van der Waals surface area (Å²) in [6.07, 6.45) is 1.71. The lowest BCUT2D eigenvalue weighted by molar-refractivity contribution is 0.561. The zero-order valence-electron chi connectivity index (χ0n) is 12.6. The lowest BCUT2D eigenvalue weighted by Crippen LogP contribution is -2.17. The molecule has 0 aliphatic carbocycles. The molecule has 0 unspecified atom stereocenters. The molecule has 3 aromatic rings. The molecule has 5 heteroatoms. The Balaban J connectivity index is 2.25. The summed E-state index contributed by atoms with van der Waals surface area (Å²) in [5, 5.41) is 3.12. The van der Waals surface area contributed by atoms with Crippen LogP contribution in [0.25, 0.3) is 17.0 Å². The predicted octanol–water partition coefficient (Wildman–Crippen LogP) is 2.69. The van der Waals surface area contributed by atoms with Crippen LogP contribution < -0.4 is 5.56 Å². The molecule has 0 fully saturated rings. The minimum Gasteiger partial charge on any atom is -0.293 e. The van der Waals surface area contributed by atoms with Gasteiger partial charge in [-0.25, -0.2) is 9.50 Å². The molecule has 0 saturated heterocycles. The average Bonchev–Trinajstić information content (AvgIpc) is 2.83. The maximum Gasteiger partial charge on any atom is 0.273 e. The maximum atomic E-state index is 12.3. The molecule has 3 heterocycles. The summed E-state index contributed by atoms with van der Waals surface area (Å²) in [5.41, 5.74) is 3.75. The van der Waals surface area contributed by atoms with E-state index >= 15 is 0 Å². The number of rotatable bonds is 1. The third-order valence-corrected chi connectivity index (χ3v) is 3.51. The molecular weight excluding hydrogens is 264 g/mol. The van der Waals surface area contributed by atoms with Crippen molar-refractivity contribution in [1.82, 2.24) is 19.6 Å². The van der Waals surface area contributed by atoms with Crippen molar-refractivity contribution < 1.29 is 0 Å². The first-order chi connectivity index (χ1) is 9.86. The van der Waals surface area contributed by atoms with E-state index in [-0.39, 0.29) is 11.0 Å². The van der Waals surface area contributed by atoms with Gasteiger partial charge in [-0.1, -0.05) is 26.8 Å². The van der Waals surface area contributed by atoms with Crippen molar-refractivity contribution in [2.75, 3.05) is 0 Å². The van der Waals surface area contributed by atoms with Crippen LogP contribution in [0.5, 0.6) is 0 Å². The van der Waals surface area contributed by atoms with Crippen LogP contribution in [0.2, 0.25) is 0 Å². The molecule has 108 valence electrons. The summed E-state index contributed by atoms with van der Waals surface area (Å²) >= 11 is 0. The molecule has 3 rings (SSSR count). The predicted molar refractivity (Wildman–Crippen MR) is 82.5 cm³/mol. The van der Waals surface area contributed by atoms with Gasteiger partial charge < -0.3 is 0 Å². The van der Waals surface area contributed by atoms with Crippen molar-refractivity contribution in [3.8, 4) is 11.4 Å². The van der Waals surface area contributed by atoms with Gasteiger partial charge in [-0.05, 0) is 18.6 Å². The molecule has 0 amide bonds. The molecule has 0 aliphatic heterocycles. The minimum absolute atomic E-state index is 0.0682. The normalized spacial score (nSPS) is 12.0. The van der Waals surface area contributed by atoms with Crippen LogP contribution in [0.4, 0.5) is 0 Å². The Morgan fingerprint density at radius 1 is 1.24 bits per heavy atom. The first kappa shape index (κ1) is 13.5. The number of aryl methyl sites for hydroxylation is 1. The number of H-pyrrole nitrogens is 1. The largest absolute Gasteiger partial charge is 0.293 e. The van der Waals surface area contributed by atoms with E-state index in [9.17, 15) is 4.79 Å². The zero-order valence-corrected chi connectivity index (χ0v) is 12.6. The molecule has 0 aliphatic rings. The van der Waals surface area contributed by atoms with Gasteiger partial charge in [-0.3, -0.25) is 14.9 Å². The van der Waals surface area contributed by atoms with E-state index < -0.39 is 0 Å². The fourth-order valence-corrected chi connectivity index (χ4v) is 2.25. The molecule has 0 saturated carbocycles. The van der Waals surface area contributed by atoms with Gasteiger partial charge in [0.25, 0.3) is 5.56 Å². The summed E-state index contributed by atoms with van der Waals surface area (Å²) in [7, 11) is 0. The van der Waals surface area contributed by atoms with Crippen molar-refractivity contribution in [1.29, 1.82) is 0 Å². The molecule has 0 radical (unpaired) electrons. The zero-order chi connectivity index (χ0) is 15.2. The Bertz CT molecular complexity index is 868. The summed E-state index contributed by atoms with van der Waals surface area (Å²) in [5.74, 6) is 0. The van der Waals surface area contributed by atoms with Crippen molar-refractivity contribution >= 4 is 5.65 Å². The van der Waals surface area contributed by atoms with Gasteiger partial charge in [0.05, 0.1) is 11.4 Å². The molecule has 0 atom stereocenters. The second kappa shape index (κ2) is 4.55. The lowest BCUT2D eigenvalue weighted by atomic mass is 9.93. The summed E-state index contributed by atoms with van der Waals surface area (Å²) in [4.78, 5) is 21.2. The van der Waals surface area contributed by atoms with Crippen molar-refractivity contribution in [2.24, 2.45) is 0 Å². The van der Waals surface area contributed by atoms with E-state index in [0.29, 0.717) is 11.3 Å². The Kier molecular flexibility index (Phi) is 2.93. The topological polar surface area (TPSA) is 63.1 Å². The molecule has 5 nitrogen and oxygen atoms in total. The van der Waals surface area contributed by atoms with Crippen molar-refractivity contribution in [3.05, 3.63) is 52.1 Å². The maximum absolute atomic E-state index is 12.3. The fourth-order valence-electron chi connectivity index (χ4n) is 2.25. The number of fused-ring (bicyclic) bond motifs is 1. The number of hydrogen-bond acceptors (Lipinski definition) is 3. The van der Waals surface area contributed by atoms with E-state index in [4.69, 9.17) is 0 Å². The van der Waals surface area contributed by atoms with E-state index in [2.05, 4.69) is 35.8 Å². The van der Waals surface area contributed by atoms with Crippen LogP contribution in [0.15, 0.2) is 35.3 Å². The molecule has 3 aromatic heterocycles. The van der Waals surface area contributed by atoms with Crippen molar-refractivity contribution in [2.45, 2.75) is 33.1 Å². The Hall–Kier alpha value is -2.43. The summed E-state index contributed by atoms with van der Waals surface area (Å²) in [6, 6.07) is 7.27. The monoisotopic (exact) mass is 282 g/mol. The van der Waals surface area contributed by atoms with E-state index in [1.54, 1.807) is 6.20 Å². The van der Waals surface area contributed by atoms with Crippen LogP contribution in [0, 0.1) is 6.92 Å². The van der Waals surface area contributed by atoms with Crippen LogP contribution in [-0.4, -0.2) is 19.6 Å². The van der Waals surface area contributed by atoms with E-state index in [1.165, 1.54) is 10.6 Å². The number of aromatic amines is 1. The van der Waals surface area contributed by atoms with Gasteiger partial charge in [0.2, 0.25) is 0 Å². The van der Waals surface area contributed by atoms with Gasteiger partial charge in [0, 0.05) is 29.4 Å². The van der Waals surface area contributed by atoms with Gasteiger partial charge in [0.15, 0.2) is 5.65 Å². The number of pyridine rings is 1. The summed E-state index contributed by atoms with van der Waals surface area (Å²) < 4.78 is 1.47. The third kappa shape index (κ3) is 2.35. The molecule has 0 spiro atoms. The first-order valence-corrected chi connectivity index (χ1v) is 6.91.